The first kappa shape index (κ1) is 27.7. The second-order valence-corrected chi connectivity index (χ2v) is 10.8. The van der Waals surface area contributed by atoms with Gasteiger partial charge in [0.2, 0.25) is 10.0 Å². The van der Waals surface area contributed by atoms with E-state index in [0.717, 1.165) is 5.56 Å². The van der Waals surface area contributed by atoms with Gasteiger partial charge in [0, 0.05) is 29.1 Å². The third kappa shape index (κ3) is 6.95. The summed E-state index contributed by atoms with van der Waals surface area (Å²) in [5.74, 6) is -0.535. The van der Waals surface area contributed by atoms with Crippen LogP contribution < -0.4 is 19.4 Å². The first-order valence-corrected chi connectivity index (χ1v) is 13.8. The summed E-state index contributed by atoms with van der Waals surface area (Å²) < 4.78 is 74.6. The van der Waals surface area contributed by atoms with Gasteiger partial charge in [-0.2, -0.15) is 0 Å². The number of nitrogens with two attached hydrogens (primary N) is 1. The van der Waals surface area contributed by atoms with Crippen LogP contribution in [0.1, 0.15) is 5.56 Å². The molecule has 3 aromatic carbocycles. The highest BCUT2D eigenvalue weighted by atomic mass is 35.5. The minimum Gasteiger partial charge on any atom is -0.494 e. The summed E-state index contributed by atoms with van der Waals surface area (Å²) in [6.07, 6.45) is 0.498. The SMILES string of the molecule is COc1ccc(-c2csc(=Nc3ccc(OC(F)(F)Cl)cc3)n2CCc2ccc(S(N)(=O)=O)cc2)cc1F. The van der Waals surface area contributed by atoms with E-state index in [4.69, 9.17) is 21.5 Å². The van der Waals surface area contributed by atoms with Gasteiger partial charge in [-0.05, 0) is 66.6 Å². The summed E-state index contributed by atoms with van der Waals surface area (Å²) in [5, 5.41) is 7.00. The third-order valence-electron chi connectivity index (χ3n) is 5.42. The average molecular weight is 584 g/mol. The van der Waals surface area contributed by atoms with E-state index in [2.05, 4.69) is 9.73 Å². The molecule has 4 aromatic rings. The summed E-state index contributed by atoms with van der Waals surface area (Å²) in [5.41, 5.74) is -1.23. The molecule has 0 spiro atoms. The Hall–Kier alpha value is -3.32. The van der Waals surface area contributed by atoms with Crippen molar-refractivity contribution in [3.8, 4) is 22.8 Å². The zero-order valence-corrected chi connectivity index (χ0v) is 22.2. The lowest BCUT2D eigenvalue weighted by Crippen LogP contribution is -2.17. The third-order valence-corrected chi connectivity index (χ3v) is 7.29. The predicted octanol–water partition coefficient (Wildman–Crippen LogP) is 5.65. The van der Waals surface area contributed by atoms with Crippen LogP contribution >= 0.6 is 22.9 Å². The smallest absolute Gasteiger partial charge is 0.487 e. The molecule has 0 aliphatic rings. The van der Waals surface area contributed by atoms with E-state index in [1.807, 2.05) is 9.95 Å². The number of methoxy groups -OCH3 is 1. The van der Waals surface area contributed by atoms with E-state index in [1.165, 1.54) is 67.0 Å². The molecule has 38 heavy (non-hydrogen) atoms. The number of sulfonamides is 1. The van der Waals surface area contributed by atoms with Crippen LogP contribution in [0.3, 0.4) is 0 Å². The monoisotopic (exact) mass is 583 g/mol. The maximum Gasteiger partial charge on any atom is 0.487 e. The van der Waals surface area contributed by atoms with Crippen LogP contribution in [0.2, 0.25) is 0 Å². The Morgan fingerprint density at radius 2 is 1.76 bits per heavy atom. The standard InChI is InChI=1S/C25H21ClF3N3O4S2/c1-35-23-11-4-17(14-21(23)27)22-15-37-24(31-18-5-7-19(8-6-18)36-25(26,28)29)32(22)13-12-16-2-9-20(10-3-16)38(30,33)34/h2-11,14-15H,12-13H2,1H3,(H2,30,33,34). The van der Waals surface area contributed by atoms with Crippen LogP contribution in [0.5, 0.6) is 11.5 Å². The highest BCUT2D eigenvalue weighted by Gasteiger charge is 2.27. The molecule has 4 rings (SSSR count). The molecule has 13 heteroatoms. The average Bonchev–Trinajstić information content (AvgIpc) is 3.25. The number of aromatic nitrogens is 1. The number of benzene rings is 3. The fourth-order valence-corrected chi connectivity index (χ4v) is 5.17. The lowest BCUT2D eigenvalue weighted by molar-refractivity contribution is -0.0964. The number of thiazole rings is 1. The normalized spacial score (nSPS) is 12.5. The quantitative estimate of drug-likeness (QED) is 0.257. The van der Waals surface area contributed by atoms with Gasteiger partial charge in [-0.3, -0.25) is 0 Å². The number of nitrogens with zero attached hydrogens (tertiary/aromatic N) is 2. The summed E-state index contributed by atoms with van der Waals surface area (Å²) in [4.78, 5) is 5.20. The number of alkyl halides is 3. The number of rotatable bonds is 9. The van der Waals surface area contributed by atoms with Crippen molar-refractivity contribution in [2.45, 2.75) is 23.4 Å². The maximum atomic E-state index is 14.5. The van der Waals surface area contributed by atoms with Crippen LogP contribution in [0.25, 0.3) is 11.3 Å². The molecule has 1 aromatic heterocycles. The minimum atomic E-state index is -3.83. The molecule has 0 saturated heterocycles. The molecule has 0 atom stereocenters. The minimum absolute atomic E-state index is 0.00822. The van der Waals surface area contributed by atoms with Gasteiger partial charge in [0.25, 0.3) is 0 Å². The number of primary sulfonamides is 1. The van der Waals surface area contributed by atoms with E-state index in [9.17, 15) is 21.6 Å². The number of halogens is 4. The van der Waals surface area contributed by atoms with Crippen LogP contribution in [0.4, 0.5) is 18.9 Å². The van der Waals surface area contributed by atoms with Crippen molar-refractivity contribution in [3.05, 3.63) is 88.3 Å². The van der Waals surface area contributed by atoms with Gasteiger partial charge in [-0.15, -0.1) is 20.1 Å². The molecule has 2 N–H and O–H groups in total. The Bertz CT molecular complexity index is 1600. The van der Waals surface area contributed by atoms with Crippen molar-refractivity contribution in [1.82, 2.24) is 4.57 Å². The molecule has 0 bridgehead atoms. The van der Waals surface area contributed by atoms with Gasteiger partial charge in [0.1, 0.15) is 5.75 Å². The zero-order valence-electron chi connectivity index (χ0n) is 19.8. The lowest BCUT2D eigenvalue weighted by Gasteiger charge is -2.11. The fourth-order valence-electron chi connectivity index (χ4n) is 3.61. The van der Waals surface area contributed by atoms with Gasteiger partial charge in [0.05, 0.1) is 23.4 Å². The van der Waals surface area contributed by atoms with Crippen molar-refractivity contribution < 1.29 is 31.1 Å². The molecule has 0 radical (unpaired) electrons. The molecule has 0 unspecified atom stereocenters. The molecule has 0 saturated carbocycles. The van der Waals surface area contributed by atoms with Gasteiger partial charge in [-0.25, -0.2) is 22.9 Å². The lowest BCUT2D eigenvalue weighted by atomic mass is 10.1. The van der Waals surface area contributed by atoms with E-state index in [1.54, 1.807) is 18.2 Å². The molecule has 1 heterocycles. The Morgan fingerprint density at radius 1 is 1.08 bits per heavy atom. The Morgan fingerprint density at radius 3 is 2.34 bits per heavy atom. The molecular formula is C25H21ClF3N3O4S2. The number of ether oxygens (including phenoxy) is 2. The highest BCUT2D eigenvalue weighted by Crippen LogP contribution is 2.28. The summed E-state index contributed by atoms with van der Waals surface area (Å²) in [7, 11) is -2.43. The molecule has 7 nitrogen and oxygen atoms in total. The first-order valence-electron chi connectivity index (χ1n) is 11.0. The van der Waals surface area contributed by atoms with Crippen LogP contribution in [-0.2, 0) is 23.0 Å². The number of aryl methyl sites for hydroxylation is 1. The summed E-state index contributed by atoms with van der Waals surface area (Å²) >= 11 is 6.13. The maximum absolute atomic E-state index is 14.5. The van der Waals surface area contributed by atoms with Crippen LogP contribution in [0, 0.1) is 5.82 Å². The number of hydrogen-bond acceptors (Lipinski definition) is 6. The van der Waals surface area contributed by atoms with Crippen molar-refractivity contribution in [2.24, 2.45) is 10.1 Å². The first-order chi connectivity index (χ1) is 17.9. The number of hydrogen-bond donors (Lipinski definition) is 1. The molecule has 0 aliphatic heterocycles. The van der Waals surface area contributed by atoms with Gasteiger partial charge in [-0.1, -0.05) is 12.1 Å². The van der Waals surface area contributed by atoms with E-state index < -0.39 is 21.4 Å². The van der Waals surface area contributed by atoms with Crippen LogP contribution in [-0.4, -0.2) is 25.7 Å². The zero-order chi connectivity index (χ0) is 27.5. The van der Waals surface area contributed by atoms with Gasteiger partial charge < -0.3 is 14.0 Å². The molecular weight excluding hydrogens is 563 g/mol. The Kier molecular flexibility index (Phi) is 8.16. The topological polar surface area (TPSA) is 95.9 Å². The Labute approximate surface area is 225 Å². The molecule has 0 aliphatic carbocycles. The van der Waals surface area contributed by atoms with Gasteiger partial charge in [0.15, 0.2) is 16.4 Å². The van der Waals surface area contributed by atoms with Crippen molar-refractivity contribution >= 4 is 38.6 Å². The second kappa shape index (κ2) is 11.2. The van der Waals surface area contributed by atoms with Gasteiger partial charge >= 0.3 is 5.57 Å². The van der Waals surface area contributed by atoms with E-state index in [0.29, 0.717) is 34.7 Å². The van der Waals surface area contributed by atoms with Crippen molar-refractivity contribution in [3.63, 3.8) is 0 Å². The molecule has 0 amide bonds. The van der Waals surface area contributed by atoms with Crippen LogP contribution in [0.15, 0.2) is 82.0 Å². The van der Waals surface area contributed by atoms with Crippen molar-refractivity contribution in [2.75, 3.05) is 7.11 Å². The summed E-state index contributed by atoms with van der Waals surface area (Å²) in [6.45, 7) is 0.416. The molecule has 0 fully saturated rings. The van der Waals surface area contributed by atoms with E-state index in [-0.39, 0.29) is 16.4 Å². The fraction of sp³-hybridized carbons (Fsp3) is 0.160. The molecule has 200 valence electrons. The predicted molar refractivity (Wildman–Crippen MR) is 139 cm³/mol. The highest BCUT2D eigenvalue weighted by molar-refractivity contribution is 7.89. The van der Waals surface area contributed by atoms with Crippen molar-refractivity contribution in [1.29, 1.82) is 0 Å². The second-order valence-electron chi connectivity index (χ2n) is 8.00. The van der Waals surface area contributed by atoms with E-state index >= 15 is 0 Å². The summed E-state index contributed by atoms with van der Waals surface area (Å²) in [6, 6.07) is 16.5. The largest absolute Gasteiger partial charge is 0.494 e. The Balaban J connectivity index is 1.70.